The molecule has 0 unspecified atom stereocenters. The summed E-state index contributed by atoms with van der Waals surface area (Å²) in [4.78, 5) is 24.3. The fourth-order valence-corrected chi connectivity index (χ4v) is 4.18. The number of para-hydroxylation sites is 1. The first-order valence-electron chi connectivity index (χ1n) is 11.2. The second kappa shape index (κ2) is 8.72. The number of nitrogens with zero attached hydrogens (tertiary/aromatic N) is 4. The molecule has 11 heteroatoms. The Balaban J connectivity index is 1.36. The number of H-pyrrole nitrogens is 1. The SMILES string of the molecule is Nc1ncnn2cc(C(=O)Nc3ccccc3)c(-c3ccc(Nc4nc5c(F)cc(F)cc5[nH]4)cc3)c12. The molecule has 5 N–H and O–H groups in total. The predicted octanol–water partition coefficient (Wildman–Crippen LogP) is 5.13. The van der Waals surface area contributed by atoms with E-state index in [0.29, 0.717) is 33.6 Å². The lowest BCUT2D eigenvalue weighted by molar-refractivity contribution is 0.102. The molecule has 0 aliphatic rings. The number of carbonyl (C=O) groups is 1. The topological polar surface area (TPSA) is 126 Å². The predicted molar refractivity (Wildman–Crippen MR) is 137 cm³/mol. The van der Waals surface area contributed by atoms with Gasteiger partial charge in [0.25, 0.3) is 5.91 Å². The number of aromatic amines is 1. The van der Waals surface area contributed by atoms with Crippen molar-refractivity contribution in [2.24, 2.45) is 0 Å². The number of carbonyl (C=O) groups excluding carboxylic acids is 1. The molecule has 6 aromatic rings. The second-order valence-corrected chi connectivity index (χ2v) is 8.25. The Morgan fingerprint density at radius 3 is 2.57 bits per heavy atom. The minimum absolute atomic E-state index is 0.0327. The van der Waals surface area contributed by atoms with E-state index >= 15 is 0 Å². The highest BCUT2D eigenvalue weighted by Crippen LogP contribution is 2.34. The van der Waals surface area contributed by atoms with Gasteiger partial charge in [0.15, 0.2) is 11.6 Å². The van der Waals surface area contributed by atoms with Gasteiger partial charge >= 0.3 is 0 Å². The van der Waals surface area contributed by atoms with Crippen molar-refractivity contribution in [1.29, 1.82) is 0 Å². The van der Waals surface area contributed by atoms with Crippen LogP contribution in [0.3, 0.4) is 0 Å². The van der Waals surface area contributed by atoms with E-state index < -0.39 is 11.6 Å². The van der Waals surface area contributed by atoms with Crippen molar-refractivity contribution in [3.63, 3.8) is 0 Å². The first-order valence-corrected chi connectivity index (χ1v) is 11.2. The number of imidazole rings is 1. The van der Waals surface area contributed by atoms with E-state index in [1.54, 1.807) is 42.6 Å². The van der Waals surface area contributed by atoms with Gasteiger partial charge in [0.2, 0.25) is 5.95 Å². The highest BCUT2D eigenvalue weighted by Gasteiger charge is 2.22. The smallest absolute Gasteiger partial charge is 0.257 e. The van der Waals surface area contributed by atoms with Crippen molar-refractivity contribution in [1.82, 2.24) is 24.6 Å². The van der Waals surface area contributed by atoms with Crippen LogP contribution in [0.1, 0.15) is 10.4 Å². The molecule has 1 amide bonds. The lowest BCUT2D eigenvalue weighted by Crippen LogP contribution is -2.12. The zero-order valence-corrected chi connectivity index (χ0v) is 19.0. The molecule has 3 aromatic heterocycles. The quantitative estimate of drug-likeness (QED) is 0.262. The van der Waals surface area contributed by atoms with Crippen LogP contribution in [0.4, 0.5) is 31.9 Å². The third-order valence-electron chi connectivity index (χ3n) is 5.82. The Morgan fingerprint density at radius 2 is 1.78 bits per heavy atom. The highest BCUT2D eigenvalue weighted by atomic mass is 19.1. The van der Waals surface area contributed by atoms with Crippen LogP contribution >= 0.6 is 0 Å². The summed E-state index contributed by atoms with van der Waals surface area (Å²) in [6.45, 7) is 0. The Bertz CT molecular complexity index is 1780. The van der Waals surface area contributed by atoms with Crippen LogP contribution in [-0.2, 0) is 0 Å². The van der Waals surface area contributed by atoms with Crippen LogP contribution in [0.15, 0.2) is 79.3 Å². The summed E-state index contributed by atoms with van der Waals surface area (Å²) in [5, 5.41) is 10.1. The third kappa shape index (κ3) is 4.08. The van der Waals surface area contributed by atoms with E-state index in [9.17, 15) is 13.6 Å². The number of hydrogen-bond donors (Lipinski definition) is 4. The number of fused-ring (bicyclic) bond motifs is 2. The van der Waals surface area contributed by atoms with Crippen LogP contribution in [-0.4, -0.2) is 30.5 Å². The number of aromatic nitrogens is 5. The minimum atomic E-state index is -0.753. The van der Waals surface area contributed by atoms with Crippen molar-refractivity contribution in [3.8, 4) is 11.1 Å². The number of nitrogens with one attached hydrogen (secondary N) is 3. The normalized spacial score (nSPS) is 11.2. The molecular formula is C26H18F2N8O. The van der Waals surface area contributed by atoms with E-state index in [2.05, 4.69) is 30.7 Å². The first-order chi connectivity index (χ1) is 18.0. The lowest BCUT2D eigenvalue weighted by atomic mass is 10.0. The fraction of sp³-hybridized carbons (Fsp3) is 0. The van der Waals surface area contributed by atoms with Gasteiger partial charge < -0.3 is 21.4 Å². The molecule has 0 bridgehead atoms. The third-order valence-corrected chi connectivity index (χ3v) is 5.82. The largest absolute Gasteiger partial charge is 0.382 e. The molecule has 3 aromatic carbocycles. The van der Waals surface area contributed by atoms with Gasteiger partial charge in [0.1, 0.15) is 23.2 Å². The summed E-state index contributed by atoms with van der Waals surface area (Å²) in [5.74, 6) is -1.30. The number of rotatable bonds is 5. The van der Waals surface area contributed by atoms with Crippen molar-refractivity contribution < 1.29 is 13.6 Å². The van der Waals surface area contributed by atoms with Crippen LogP contribution in [0.25, 0.3) is 27.7 Å². The molecule has 0 aliphatic carbocycles. The van der Waals surface area contributed by atoms with Crippen LogP contribution in [0.2, 0.25) is 0 Å². The summed E-state index contributed by atoms with van der Waals surface area (Å²) in [7, 11) is 0. The average Bonchev–Trinajstić information content (AvgIpc) is 3.47. The molecule has 0 radical (unpaired) electrons. The highest BCUT2D eigenvalue weighted by molar-refractivity contribution is 6.12. The maximum atomic E-state index is 14.0. The van der Waals surface area contributed by atoms with Gasteiger partial charge in [-0.2, -0.15) is 5.10 Å². The number of amides is 1. The van der Waals surface area contributed by atoms with Gasteiger partial charge in [-0.1, -0.05) is 30.3 Å². The number of hydrogen-bond acceptors (Lipinski definition) is 6. The van der Waals surface area contributed by atoms with Crippen LogP contribution < -0.4 is 16.4 Å². The fourth-order valence-electron chi connectivity index (χ4n) is 4.18. The molecule has 3 heterocycles. The van der Waals surface area contributed by atoms with Gasteiger partial charge in [0.05, 0.1) is 11.1 Å². The van der Waals surface area contributed by atoms with Crippen LogP contribution in [0.5, 0.6) is 0 Å². The van der Waals surface area contributed by atoms with E-state index in [1.807, 2.05) is 18.2 Å². The van der Waals surface area contributed by atoms with Gasteiger partial charge in [0, 0.05) is 29.2 Å². The molecule has 0 spiro atoms. The zero-order chi connectivity index (χ0) is 25.5. The molecule has 0 atom stereocenters. The van der Waals surface area contributed by atoms with E-state index in [-0.39, 0.29) is 28.7 Å². The number of benzene rings is 3. The second-order valence-electron chi connectivity index (χ2n) is 8.25. The van der Waals surface area contributed by atoms with Crippen molar-refractivity contribution >= 4 is 45.6 Å². The Labute approximate surface area is 208 Å². The Hall–Kier alpha value is -5.32. The lowest BCUT2D eigenvalue weighted by Gasteiger charge is -2.09. The molecule has 6 rings (SSSR count). The van der Waals surface area contributed by atoms with E-state index in [0.717, 1.165) is 6.07 Å². The number of nitrogens with two attached hydrogens (primary N) is 1. The molecule has 182 valence electrons. The molecule has 0 fully saturated rings. The average molecular weight is 496 g/mol. The molecule has 0 aliphatic heterocycles. The summed E-state index contributed by atoms with van der Waals surface area (Å²) in [6.07, 6.45) is 2.93. The standard InChI is InChI=1S/C26H18F2N8O/c27-15-10-19(28)22-20(11-15)34-26(35-22)33-17-8-6-14(7-9-17)21-18(12-36-23(21)24(29)30-13-31-36)25(37)32-16-4-2-1-3-5-16/h1-13H,(H,32,37)(H2,29,30,31)(H2,33,34,35). The number of nitrogen functional groups attached to an aromatic ring is 1. The minimum Gasteiger partial charge on any atom is -0.382 e. The molecule has 0 saturated carbocycles. The Morgan fingerprint density at radius 1 is 1.00 bits per heavy atom. The van der Waals surface area contributed by atoms with Crippen molar-refractivity contribution in [2.75, 3.05) is 16.4 Å². The Kier molecular flexibility index (Phi) is 5.22. The summed E-state index contributed by atoms with van der Waals surface area (Å²) >= 11 is 0. The van der Waals surface area contributed by atoms with E-state index in [4.69, 9.17) is 5.73 Å². The molecular weight excluding hydrogens is 478 g/mol. The first kappa shape index (κ1) is 22.2. The summed E-state index contributed by atoms with van der Waals surface area (Å²) in [5.41, 5.74) is 9.85. The molecule has 0 saturated heterocycles. The van der Waals surface area contributed by atoms with Gasteiger partial charge in [-0.05, 0) is 35.9 Å². The maximum absolute atomic E-state index is 14.0. The van der Waals surface area contributed by atoms with Crippen molar-refractivity contribution in [3.05, 3.63) is 96.5 Å². The van der Waals surface area contributed by atoms with Crippen LogP contribution in [0, 0.1) is 11.6 Å². The summed E-state index contributed by atoms with van der Waals surface area (Å²) in [6, 6.07) is 18.2. The van der Waals surface area contributed by atoms with Crippen molar-refractivity contribution in [2.45, 2.75) is 0 Å². The van der Waals surface area contributed by atoms with E-state index in [1.165, 1.54) is 16.9 Å². The summed E-state index contributed by atoms with van der Waals surface area (Å²) < 4.78 is 29.0. The molecule has 9 nitrogen and oxygen atoms in total. The van der Waals surface area contributed by atoms with Gasteiger partial charge in [-0.25, -0.2) is 23.3 Å². The van der Waals surface area contributed by atoms with Gasteiger partial charge in [-0.3, -0.25) is 4.79 Å². The zero-order valence-electron chi connectivity index (χ0n) is 19.0. The van der Waals surface area contributed by atoms with Gasteiger partial charge in [-0.15, -0.1) is 0 Å². The number of halogens is 2. The monoisotopic (exact) mass is 496 g/mol. The number of anilines is 4. The molecule has 37 heavy (non-hydrogen) atoms. The maximum Gasteiger partial charge on any atom is 0.257 e.